The molecule has 0 aliphatic rings. The van der Waals surface area contributed by atoms with Gasteiger partial charge in [0.25, 0.3) is 0 Å². The lowest BCUT2D eigenvalue weighted by molar-refractivity contribution is 0.103. The molecule has 0 spiro atoms. The van der Waals surface area contributed by atoms with Gasteiger partial charge >= 0.3 is 5.76 Å². The lowest BCUT2D eigenvalue weighted by atomic mass is 9.97. The van der Waals surface area contributed by atoms with Crippen molar-refractivity contribution in [1.82, 2.24) is 4.98 Å². The summed E-state index contributed by atoms with van der Waals surface area (Å²) in [4.78, 5) is 26.2. The van der Waals surface area contributed by atoms with E-state index in [0.29, 0.717) is 22.2 Å². The Morgan fingerprint density at radius 1 is 1.20 bits per heavy atom. The normalized spacial score (nSPS) is 10.8. The molecule has 20 heavy (non-hydrogen) atoms. The molecule has 0 fully saturated rings. The molecule has 0 bridgehead atoms. The van der Waals surface area contributed by atoms with Gasteiger partial charge in [-0.05, 0) is 30.2 Å². The maximum Gasteiger partial charge on any atom is 0.417 e. The van der Waals surface area contributed by atoms with Crippen LogP contribution in [0.25, 0.3) is 11.1 Å². The van der Waals surface area contributed by atoms with Crippen LogP contribution in [0.5, 0.6) is 0 Å². The summed E-state index contributed by atoms with van der Waals surface area (Å²) >= 11 is 0. The Morgan fingerprint density at radius 2 is 2.00 bits per heavy atom. The number of hydrogen-bond donors (Lipinski definition) is 1. The zero-order valence-electron chi connectivity index (χ0n) is 11.0. The summed E-state index contributed by atoms with van der Waals surface area (Å²) in [5.41, 5.74) is 3.20. The van der Waals surface area contributed by atoms with Crippen molar-refractivity contribution in [2.75, 3.05) is 0 Å². The van der Waals surface area contributed by atoms with Gasteiger partial charge in [0.2, 0.25) is 0 Å². The van der Waals surface area contributed by atoms with Crippen LogP contribution in [0.4, 0.5) is 0 Å². The molecule has 0 atom stereocenters. The summed E-state index contributed by atoms with van der Waals surface area (Å²) in [6.07, 6.45) is 0.795. The number of rotatable bonds is 3. The predicted octanol–water partition coefficient (Wildman–Crippen LogP) is 2.91. The summed E-state index contributed by atoms with van der Waals surface area (Å²) in [6.45, 7) is 2.01. The lowest BCUT2D eigenvalue weighted by Gasteiger charge is -2.06. The number of carbonyl (C=O) groups excluding carboxylic acids is 1. The molecular weight excluding hydrogens is 254 g/mol. The van der Waals surface area contributed by atoms with E-state index < -0.39 is 5.76 Å². The van der Waals surface area contributed by atoms with Crippen LogP contribution in [0.2, 0.25) is 0 Å². The van der Waals surface area contributed by atoms with Crippen molar-refractivity contribution in [2.24, 2.45) is 0 Å². The Kier molecular flexibility index (Phi) is 2.99. The molecule has 0 aliphatic heterocycles. The fourth-order valence-electron chi connectivity index (χ4n) is 2.29. The van der Waals surface area contributed by atoms with E-state index in [-0.39, 0.29) is 5.78 Å². The Labute approximate surface area is 115 Å². The molecular formula is C16H13NO3. The van der Waals surface area contributed by atoms with Crippen molar-refractivity contribution in [3.8, 4) is 0 Å². The third-order valence-corrected chi connectivity index (χ3v) is 3.33. The molecule has 4 heteroatoms. The highest BCUT2D eigenvalue weighted by Gasteiger charge is 2.14. The van der Waals surface area contributed by atoms with Crippen LogP contribution in [0, 0.1) is 0 Å². The molecule has 3 aromatic rings. The number of fused-ring (bicyclic) bond motifs is 1. The summed E-state index contributed by atoms with van der Waals surface area (Å²) in [5, 5.41) is 0. The standard InChI is InChI=1S/C16H13NO3/c1-2-10-5-3-4-6-12(10)15(18)11-7-8-13-14(9-11)20-16(19)17-13/h3-9H,2H2,1H3,(H,17,19). The molecule has 3 rings (SSSR count). The largest absolute Gasteiger partial charge is 0.417 e. The van der Waals surface area contributed by atoms with E-state index in [4.69, 9.17) is 4.42 Å². The van der Waals surface area contributed by atoms with Gasteiger partial charge in [-0.1, -0.05) is 31.2 Å². The van der Waals surface area contributed by atoms with E-state index in [0.717, 1.165) is 12.0 Å². The maximum atomic E-state index is 12.5. The van der Waals surface area contributed by atoms with Gasteiger partial charge < -0.3 is 4.42 Å². The number of aromatic nitrogens is 1. The quantitative estimate of drug-likeness (QED) is 0.742. The summed E-state index contributed by atoms with van der Waals surface area (Å²) < 4.78 is 4.99. The van der Waals surface area contributed by atoms with Gasteiger partial charge in [-0.25, -0.2) is 4.79 Å². The van der Waals surface area contributed by atoms with Crippen LogP contribution in [0.1, 0.15) is 28.4 Å². The van der Waals surface area contributed by atoms with Crippen molar-refractivity contribution in [2.45, 2.75) is 13.3 Å². The highest BCUT2D eigenvalue weighted by Crippen LogP contribution is 2.18. The minimum Gasteiger partial charge on any atom is -0.408 e. The number of nitrogens with one attached hydrogen (secondary N) is 1. The van der Waals surface area contributed by atoms with E-state index in [2.05, 4.69) is 4.98 Å². The zero-order valence-corrected chi connectivity index (χ0v) is 11.0. The van der Waals surface area contributed by atoms with Crippen molar-refractivity contribution in [1.29, 1.82) is 0 Å². The zero-order chi connectivity index (χ0) is 14.1. The van der Waals surface area contributed by atoms with Crippen LogP contribution in [-0.2, 0) is 6.42 Å². The van der Waals surface area contributed by atoms with E-state index in [1.165, 1.54) is 0 Å². The number of aryl methyl sites for hydroxylation is 1. The highest BCUT2D eigenvalue weighted by atomic mass is 16.4. The number of oxazole rings is 1. The Balaban J connectivity index is 2.09. The molecule has 4 nitrogen and oxygen atoms in total. The van der Waals surface area contributed by atoms with Crippen LogP contribution >= 0.6 is 0 Å². The van der Waals surface area contributed by atoms with E-state index >= 15 is 0 Å². The van der Waals surface area contributed by atoms with E-state index in [1.807, 2.05) is 31.2 Å². The summed E-state index contributed by atoms with van der Waals surface area (Å²) in [5.74, 6) is -0.577. The molecule has 0 unspecified atom stereocenters. The highest BCUT2D eigenvalue weighted by molar-refractivity contribution is 6.11. The van der Waals surface area contributed by atoms with Gasteiger partial charge in [-0.15, -0.1) is 0 Å². The second-order valence-corrected chi connectivity index (χ2v) is 4.57. The molecule has 100 valence electrons. The first-order chi connectivity index (χ1) is 9.69. The molecule has 2 aromatic carbocycles. The van der Waals surface area contributed by atoms with Crippen LogP contribution in [0.15, 0.2) is 51.7 Å². The lowest BCUT2D eigenvalue weighted by Crippen LogP contribution is -2.04. The van der Waals surface area contributed by atoms with Crippen LogP contribution in [0.3, 0.4) is 0 Å². The fraction of sp³-hybridized carbons (Fsp3) is 0.125. The minimum absolute atomic E-state index is 0.0619. The monoisotopic (exact) mass is 267 g/mol. The number of aromatic amines is 1. The third kappa shape index (κ3) is 2.05. The topological polar surface area (TPSA) is 63.1 Å². The number of carbonyl (C=O) groups is 1. The average molecular weight is 267 g/mol. The van der Waals surface area contributed by atoms with Gasteiger partial charge in [-0.3, -0.25) is 9.78 Å². The molecule has 0 saturated carbocycles. The van der Waals surface area contributed by atoms with Crippen molar-refractivity contribution < 1.29 is 9.21 Å². The van der Waals surface area contributed by atoms with E-state index in [9.17, 15) is 9.59 Å². The molecule has 1 aromatic heterocycles. The minimum atomic E-state index is -0.515. The number of ketones is 1. The smallest absolute Gasteiger partial charge is 0.408 e. The Bertz CT molecular complexity index is 842. The van der Waals surface area contributed by atoms with Gasteiger partial charge in [-0.2, -0.15) is 0 Å². The number of H-pyrrole nitrogens is 1. The predicted molar refractivity (Wildman–Crippen MR) is 76.1 cm³/mol. The second kappa shape index (κ2) is 4.81. The third-order valence-electron chi connectivity index (χ3n) is 3.33. The molecule has 0 aliphatic carbocycles. The van der Waals surface area contributed by atoms with Crippen LogP contribution < -0.4 is 5.76 Å². The first-order valence-electron chi connectivity index (χ1n) is 6.44. The Hall–Kier alpha value is -2.62. The van der Waals surface area contributed by atoms with Crippen molar-refractivity contribution >= 4 is 16.9 Å². The fourth-order valence-corrected chi connectivity index (χ4v) is 2.29. The van der Waals surface area contributed by atoms with E-state index in [1.54, 1.807) is 18.2 Å². The van der Waals surface area contributed by atoms with Gasteiger partial charge in [0.05, 0.1) is 5.52 Å². The first kappa shape index (κ1) is 12.4. The van der Waals surface area contributed by atoms with Gasteiger partial charge in [0, 0.05) is 11.1 Å². The SMILES string of the molecule is CCc1ccccc1C(=O)c1ccc2[nH]c(=O)oc2c1. The van der Waals surface area contributed by atoms with Gasteiger partial charge in [0.1, 0.15) is 0 Å². The number of benzene rings is 2. The second-order valence-electron chi connectivity index (χ2n) is 4.57. The average Bonchev–Trinajstić information content (AvgIpc) is 2.85. The summed E-state index contributed by atoms with van der Waals surface area (Å²) in [7, 11) is 0. The van der Waals surface area contributed by atoms with Gasteiger partial charge in [0.15, 0.2) is 11.4 Å². The molecule has 1 N–H and O–H groups in total. The van der Waals surface area contributed by atoms with Crippen molar-refractivity contribution in [3.05, 3.63) is 69.7 Å². The van der Waals surface area contributed by atoms with Crippen molar-refractivity contribution in [3.63, 3.8) is 0 Å². The Morgan fingerprint density at radius 3 is 2.80 bits per heavy atom. The molecule has 0 radical (unpaired) electrons. The molecule has 0 saturated heterocycles. The molecule has 1 heterocycles. The van der Waals surface area contributed by atoms with Crippen LogP contribution in [-0.4, -0.2) is 10.8 Å². The maximum absolute atomic E-state index is 12.5. The number of hydrogen-bond acceptors (Lipinski definition) is 3. The molecule has 0 amide bonds. The first-order valence-corrected chi connectivity index (χ1v) is 6.44. The summed E-state index contributed by atoms with van der Waals surface area (Å²) in [6, 6.07) is 12.5.